The molecule has 0 saturated carbocycles. The monoisotopic (exact) mass is 308 g/mol. The number of carbonyl (C=O) groups is 1. The number of carboxylic acid groups (broad SMARTS) is 1. The molecule has 21 heavy (non-hydrogen) atoms. The first-order chi connectivity index (χ1) is 9.90. The molecule has 112 valence electrons. The average Bonchev–Trinajstić information content (AvgIpc) is 2.83. The predicted octanol–water partition coefficient (Wildman–Crippen LogP) is 3.62. The lowest BCUT2D eigenvalue weighted by atomic mass is 10.1. The highest BCUT2D eigenvalue weighted by Gasteiger charge is 2.16. The molecule has 6 heteroatoms. The Labute approximate surface area is 127 Å². The van der Waals surface area contributed by atoms with Crippen molar-refractivity contribution in [2.45, 2.75) is 31.8 Å². The van der Waals surface area contributed by atoms with Crippen molar-refractivity contribution in [2.75, 3.05) is 5.75 Å². The van der Waals surface area contributed by atoms with Crippen LogP contribution in [0.4, 0.5) is 4.39 Å². The molecule has 0 fully saturated rings. The second-order valence-corrected chi connectivity index (χ2v) is 6.01. The minimum absolute atomic E-state index is 0.0805. The molecule has 1 aromatic heterocycles. The number of hydrogen-bond donors (Lipinski definition) is 1. The number of aromatic nitrogens is 2. The molecule has 1 aromatic carbocycles. The van der Waals surface area contributed by atoms with Crippen molar-refractivity contribution in [1.82, 2.24) is 9.55 Å². The Morgan fingerprint density at radius 2 is 2.19 bits per heavy atom. The summed E-state index contributed by atoms with van der Waals surface area (Å²) in [6.07, 6.45) is 1.71. The summed E-state index contributed by atoms with van der Waals surface area (Å²) in [4.78, 5) is 15.0. The third kappa shape index (κ3) is 3.44. The highest BCUT2D eigenvalue weighted by Crippen LogP contribution is 2.28. The van der Waals surface area contributed by atoms with Crippen molar-refractivity contribution in [2.24, 2.45) is 0 Å². The molecule has 0 atom stereocenters. The van der Waals surface area contributed by atoms with E-state index in [0.29, 0.717) is 16.4 Å². The molecule has 4 nitrogen and oxygen atoms in total. The number of benzene rings is 1. The lowest BCUT2D eigenvalue weighted by Crippen LogP contribution is -2.06. The minimum Gasteiger partial charge on any atom is -0.481 e. The first-order valence-corrected chi connectivity index (χ1v) is 7.57. The number of thioether (sulfide) groups is 1. The third-order valence-electron chi connectivity index (χ3n) is 3.09. The van der Waals surface area contributed by atoms with Crippen LogP contribution in [0.1, 0.15) is 31.0 Å². The van der Waals surface area contributed by atoms with E-state index in [4.69, 9.17) is 5.11 Å². The Bertz CT molecular complexity index is 668. The Morgan fingerprint density at radius 3 is 2.76 bits per heavy atom. The Balaban J connectivity index is 2.49. The van der Waals surface area contributed by atoms with E-state index in [0.717, 1.165) is 17.5 Å². The van der Waals surface area contributed by atoms with Gasteiger partial charge in [-0.1, -0.05) is 31.7 Å². The van der Waals surface area contributed by atoms with Gasteiger partial charge in [-0.2, -0.15) is 0 Å². The van der Waals surface area contributed by atoms with Gasteiger partial charge in [0.2, 0.25) is 0 Å². The van der Waals surface area contributed by atoms with Crippen LogP contribution in [0.15, 0.2) is 29.6 Å². The average molecular weight is 308 g/mol. The van der Waals surface area contributed by atoms with E-state index in [9.17, 15) is 9.18 Å². The zero-order chi connectivity index (χ0) is 15.6. The van der Waals surface area contributed by atoms with Gasteiger partial charge in [0.05, 0.1) is 17.6 Å². The molecule has 0 amide bonds. The molecule has 0 bridgehead atoms. The van der Waals surface area contributed by atoms with Gasteiger partial charge in [0, 0.05) is 5.69 Å². The molecule has 0 aliphatic carbocycles. The van der Waals surface area contributed by atoms with Crippen LogP contribution in [0.25, 0.3) is 5.69 Å². The summed E-state index contributed by atoms with van der Waals surface area (Å²) >= 11 is 1.13. The van der Waals surface area contributed by atoms with E-state index >= 15 is 0 Å². The van der Waals surface area contributed by atoms with Crippen molar-refractivity contribution in [1.29, 1.82) is 0 Å². The van der Waals surface area contributed by atoms with Gasteiger partial charge in [-0.25, -0.2) is 9.37 Å². The van der Waals surface area contributed by atoms with Crippen LogP contribution in [0.2, 0.25) is 0 Å². The maximum atomic E-state index is 13.8. The lowest BCUT2D eigenvalue weighted by molar-refractivity contribution is -0.133. The van der Waals surface area contributed by atoms with E-state index in [2.05, 4.69) is 4.98 Å². The van der Waals surface area contributed by atoms with Crippen LogP contribution < -0.4 is 0 Å². The minimum atomic E-state index is -0.907. The summed E-state index contributed by atoms with van der Waals surface area (Å²) in [5.74, 6) is -1.08. The van der Waals surface area contributed by atoms with Crippen molar-refractivity contribution in [3.05, 3.63) is 41.5 Å². The number of hydrogen-bond acceptors (Lipinski definition) is 3. The number of imidazole rings is 1. The normalized spacial score (nSPS) is 11.1. The van der Waals surface area contributed by atoms with Crippen molar-refractivity contribution in [3.63, 3.8) is 0 Å². The molecule has 0 aliphatic heterocycles. The summed E-state index contributed by atoms with van der Waals surface area (Å²) in [7, 11) is 0. The topological polar surface area (TPSA) is 55.1 Å². The molecule has 0 unspecified atom stereocenters. The molecule has 0 aliphatic rings. The van der Waals surface area contributed by atoms with Gasteiger partial charge in [0.1, 0.15) is 5.82 Å². The predicted molar refractivity (Wildman–Crippen MR) is 80.7 cm³/mol. The summed E-state index contributed by atoms with van der Waals surface area (Å²) < 4.78 is 15.6. The zero-order valence-corrected chi connectivity index (χ0v) is 12.9. The van der Waals surface area contributed by atoms with Crippen LogP contribution in [0.5, 0.6) is 0 Å². The fourth-order valence-corrected chi connectivity index (χ4v) is 2.68. The Kier molecular flexibility index (Phi) is 4.67. The standard InChI is InChI=1S/C15H17FN2O2S/c1-9(2)13-7-17-15(21-8-14(19)20)18(13)11-5-4-10(3)12(16)6-11/h4-7,9H,8H2,1-3H3,(H,19,20). The molecule has 1 heterocycles. The number of nitrogens with zero attached hydrogens (tertiary/aromatic N) is 2. The first kappa shape index (κ1) is 15.6. The van der Waals surface area contributed by atoms with Crippen LogP contribution in [-0.2, 0) is 4.79 Å². The number of halogens is 1. The highest BCUT2D eigenvalue weighted by molar-refractivity contribution is 7.99. The summed E-state index contributed by atoms with van der Waals surface area (Å²) in [6.45, 7) is 5.74. The van der Waals surface area contributed by atoms with Gasteiger partial charge in [-0.15, -0.1) is 0 Å². The second kappa shape index (κ2) is 6.30. The maximum Gasteiger partial charge on any atom is 0.313 e. The Morgan fingerprint density at radius 1 is 1.48 bits per heavy atom. The Hall–Kier alpha value is -1.82. The molecule has 0 spiro atoms. The molecule has 1 N–H and O–H groups in total. The molecule has 0 radical (unpaired) electrons. The van der Waals surface area contributed by atoms with Crippen molar-refractivity contribution < 1.29 is 14.3 Å². The van der Waals surface area contributed by atoms with Gasteiger partial charge in [0.15, 0.2) is 5.16 Å². The lowest BCUT2D eigenvalue weighted by Gasteiger charge is -2.14. The van der Waals surface area contributed by atoms with Crippen LogP contribution in [0.3, 0.4) is 0 Å². The molecular formula is C15H17FN2O2S. The molecular weight excluding hydrogens is 291 g/mol. The smallest absolute Gasteiger partial charge is 0.313 e. The van der Waals surface area contributed by atoms with Crippen molar-refractivity contribution >= 4 is 17.7 Å². The molecule has 2 rings (SSSR count). The van der Waals surface area contributed by atoms with Gasteiger partial charge in [-0.3, -0.25) is 9.36 Å². The first-order valence-electron chi connectivity index (χ1n) is 6.59. The van der Waals surface area contributed by atoms with Gasteiger partial charge < -0.3 is 5.11 Å². The summed E-state index contributed by atoms with van der Waals surface area (Å²) in [6, 6.07) is 4.98. The van der Waals surface area contributed by atoms with Gasteiger partial charge in [0.25, 0.3) is 0 Å². The highest BCUT2D eigenvalue weighted by atomic mass is 32.2. The van der Waals surface area contributed by atoms with Gasteiger partial charge >= 0.3 is 5.97 Å². The summed E-state index contributed by atoms with van der Waals surface area (Å²) in [5, 5.41) is 9.37. The van der Waals surface area contributed by atoms with Crippen molar-refractivity contribution in [3.8, 4) is 5.69 Å². The number of aliphatic carboxylic acids is 1. The quantitative estimate of drug-likeness (QED) is 0.857. The van der Waals surface area contributed by atoms with Crippen LogP contribution in [-0.4, -0.2) is 26.4 Å². The van der Waals surface area contributed by atoms with Crippen LogP contribution in [0, 0.1) is 12.7 Å². The fourth-order valence-electron chi connectivity index (χ4n) is 1.96. The van der Waals surface area contributed by atoms with Gasteiger partial charge in [-0.05, 0) is 30.5 Å². The maximum absolute atomic E-state index is 13.8. The van der Waals surface area contributed by atoms with Crippen LogP contribution >= 0.6 is 11.8 Å². The molecule has 2 aromatic rings. The largest absolute Gasteiger partial charge is 0.481 e. The molecule has 0 saturated heterocycles. The number of rotatable bonds is 5. The van der Waals surface area contributed by atoms with E-state index in [1.807, 2.05) is 24.5 Å². The number of aryl methyl sites for hydroxylation is 1. The van der Waals surface area contributed by atoms with E-state index in [1.54, 1.807) is 19.2 Å². The fraction of sp³-hybridized carbons (Fsp3) is 0.333. The van der Waals surface area contributed by atoms with E-state index < -0.39 is 5.97 Å². The van der Waals surface area contributed by atoms with E-state index in [1.165, 1.54) is 6.07 Å². The second-order valence-electron chi connectivity index (χ2n) is 5.07. The number of carboxylic acids is 1. The SMILES string of the molecule is Cc1ccc(-n2c(C(C)C)cnc2SCC(=O)O)cc1F. The zero-order valence-electron chi connectivity index (χ0n) is 12.1. The summed E-state index contributed by atoms with van der Waals surface area (Å²) in [5.41, 5.74) is 2.16. The third-order valence-corrected chi connectivity index (χ3v) is 4.02. The van der Waals surface area contributed by atoms with E-state index in [-0.39, 0.29) is 17.5 Å².